The average Bonchev–Trinajstić information content (AvgIpc) is 2.74. The third kappa shape index (κ3) is 4.35. The fourth-order valence-electron chi connectivity index (χ4n) is 2.81. The molecule has 0 aliphatic heterocycles. The molecule has 0 bridgehead atoms. The molecule has 0 N–H and O–H groups in total. The summed E-state index contributed by atoms with van der Waals surface area (Å²) in [6.45, 7) is 8.18. The lowest BCUT2D eigenvalue weighted by molar-refractivity contribution is 0.399. The van der Waals surface area contributed by atoms with Crippen molar-refractivity contribution < 1.29 is 4.74 Å². The smallest absolute Gasteiger partial charge is 0.123 e. The fraction of sp³-hybridized carbons (Fsp3) is 0.526. The van der Waals surface area contributed by atoms with Gasteiger partial charge in [-0.25, -0.2) is 0 Å². The quantitative estimate of drug-likeness (QED) is 0.785. The van der Waals surface area contributed by atoms with Crippen molar-refractivity contribution in [1.29, 1.82) is 0 Å². The fourth-order valence-corrected chi connectivity index (χ4v) is 2.81. The Hall–Kier alpha value is -1.81. The molecule has 126 valence electrons. The molecule has 1 aromatic carbocycles. The number of hydrogen-bond acceptors (Lipinski definition) is 3. The van der Waals surface area contributed by atoms with Gasteiger partial charge in [0.2, 0.25) is 0 Å². The summed E-state index contributed by atoms with van der Waals surface area (Å²) in [4.78, 5) is 2.23. The first-order chi connectivity index (χ1) is 10.9. The number of aryl methyl sites for hydroxylation is 2. The molecule has 4 heteroatoms. The van der Waals surface area contributed by atoms with E-state index in [1.54, 1.807) is 7.11 Å². The van der Waals surface area contributed by atoms with Crippen LogP contribution in [-0.2, 0) is 13.0 Å². The van der Waals surface area contributed by atoms with Crippen LogP contribution in [0.1, 0.15) is 34.5 Å². The predicted octanol–water partition coefficient (Wildman–Crippen LogP) is 3.36. The predicted molar refractivity (Wildman–Crippen MR) is 95.4 cm³/mol. The van der Waals surface area contributed by atoms with Crippen molar-refractivity contribution in [3.05, 3.63) is 46.3 Å². The van der Waals surface area contributed by atoms with Gasteiger partial charge in [-0.3, -0.25) is 4.68 Å². The van der Waals surface area contributed by atoms with Gasteiger partial charge in [0.15, 0.2) is 0 Å². The summed E-state index contributed by atoms with van der Waals surface area (Å²) in [6, 6.07) is 6.52. The zero-order valence-electron chi connectivity index (χ0n) is 15.3. The van der Waals surface area contributed by atoms with E-state index in [1.165, 1.54) is 22.4 Å². The van der Waals surface area contributed by atoms with Crippen LogP contribution in [0, 0.1) is 20.8 Å². The van der Waals surface area contributed by atoms with Crippen LogP contribution >= 0.6 is 0 Å². The van der Waals surface area contributed by atoms with Gasteiger partial charge in [-0.05, 0) is 71.4 Å². The van der Waals surface area contributed by atoms with Crippen LogP contribution in [0.4, 0.5) is 0 Å². The van der Waals surface area contributed by atoms with E-state index in [9.17, 15) is 0 Å². The van der Waals surface area contributed by atoms with Gasteiger partial charge in [-0.15, -0.1) is 0 Å². The van der Waals surface area contributed by atoms with Gasteiger partial charge in [0.1, 0.15) is 5.75 Å². The van der Waals surface area contributed by atoms with Crippen molar-refractivity contribution in [3.63, 3.8) is 0 Å². The molecular weight excluding hydrogens is 286 g/mol. The number of hydrogen-bond donors (Lipinski definition) is 0. The molecule has 0 saturated heterocycles. The third-order valence-electron chi connectivity index (χ3n) is 4.48. The highest BCUT2D eigenvalue weighted by Gasteiger charge is 2.11. The molecule has 0 spiro atoms. The summed E-state index contributed by atoms with van der Waals surface area (Å²) >= 11 is 0. The minimum atomic E-state index is 0.755. The largest absolute Gasteiger partial charge is 0.496 e. The summed E-state index contributed by atoms with van der Waals surface area (Å²) < 4.78 is 7.62. The Bertz CT molecular complexity index is 659. The highest BCUT2D eigenvalue weighted by atomic mass is 16.5. The van der Waals surface area contributed by atoms with Crippen molar-refractivity contribution >= 4 is 0 Å². The minimum Gasteiger partial charge on any atom is -0.496 e. The Labute approximate surface area is 140 Å². The first-order valence-electron chi connectivity index (χ1n) is 8.23. The number of aromatic nitrogens is 2. The van der Waals surface area contributed by atoms with Gasteiger partial charge in [0.25, 0.3) is 0 Å². The SMILES string of the molecule is COc1ccc(CCCN(C)C)cc1Cn1nc(C)c(C)c1C. The van der Waals surface area contributed by atoms with Crippen molar-refractivity contribution in [1.82, 2.24) is 14.7 Å². The molecule has 0 fully saturated rings. The lowest BCUT2D eigenvalue weighted by Gasteiger charge is -2.13. The first kappa shape index (κ1) is 17.5. The number of benzene rings is 1. The normalized spacial score (nSPS) is 11.3. The first-order valence-corrected chi connectivity index (χ1v) is 8.23. The second-order valence-corrected chi connectivity index (χ2v) is 6.51. The van der Waals surface area contributed by atoms with E-state index in [-0.39, 0.29) is 0 Å². The topological polar surface area (TPSA) is 30.3 Å². The highest BCUT2D eigenvalue weighted by molar-refractivity contribution is 5.38. The van der Waals surface area contributed by atoms with E-state index in [2.05, 4.69) is 67.7 Å². The van der Waals surface area contributed by atoms with Crippen LogP contribution < -0.4 is 4.74 Å². The Balaban J connectivity index is 2.20. The zero-order chi connectivity index (χ0) is 17.0. The number of nitrogens with zero attached hydrogens (tertiary/aromatic N) is 3. The van der Waals surface area contributed by atoms with Crippen LogP contribution in [-0.4, -0.2) is 42.4 Å². The van der Waals surface area contributed by atoms with Crippen molar-refractivity contribution in [2.75, 3.05) is 27.7 Å². The Morgan fingerprint density at radius 3 is 2.48 bits per heavy atom. The molecule has 0 atom stereocenters. The van der Waals surface area contributed by atoms with Crippen LogP contribution in [0.15, 0.2) is 18.2 Å². The molecule has 23 heavy (non-hydrogen) atoms. The van der Waals surface area contributed by atoms with Crippen LogP contribution in [0.3, 0.4) is 0 Å². The molecule has 2 rings (SSSR count). The molecule has 1 heterocycles. The number of rotatable bonds is 7. The van der Waals surface area contributed by atoms with Crippen LogP contribution in [0.5, 0.6) is 5.75 Å². The van der Waals surface area contributed by atoms with Gasteiger partial charge in [-0.2, -0.15) is 5.10 Å². The van der Waals surface area contributed by atoms with E-state index in [4.69, 9.17) is 4.74 Å². The summed E-state index contributed by atoms with van der Waals surface area (Å²) in [5.74, 6) is 0.937. The van der Waals surface area contributed by atoms with Gasteiger partial charge in [0, 0.05) is 11.3 Å². The van der Waals surface area contributed by atoms with Crippen LogP contribution in [0.25, 0.3) is 0 Å². The molecule has 0 unspecified atom stereocenters. The molecule has 0 aliphatic carbocycles. The Morgan fingerprint density at radius 1 is 1.17 bits per heavy atom. The summed E-state index contributed by atoms with van der Waals surface area (Å²) in [6.07, 6.45) is 2.25. The van der Waals surface area contributed by atoms with Gasteiger partial charge < -0.3 is 9.64 Å². The molecule has 0 aliphatic rings. The summed E-state index contributed by atoms with van der Waals surface area (Å²) in [7, 11) is 5.96. The molecule has 1 aromatic heterocycles. The monoisotopic (exact) mass is 315 g/mol. The average molecular weight is 315 g/mol. The van der Waals surface area contributed by atoms with E-state index in [0.717, 1.165) is 37.4 Å². The molecule has 0 amide bonds. The Morgan fingerprint density at radius 2 is 1.91 bits per heavy atom. The number of ether oxygens (including phenoxy) is 1. The van der Waals surface area contributed by atoms with E-state index < -0.39 is 0 Å². The standard InChI is InChI=1S/C19H29N3O/c1-14-15(2)20-22(16(14)3)13-18-12-17(8-7-11-21(4)5)9-10-19(18)23-6/h9-10,12H,7-8,11,13H2,1-6H3. The zero-order valence-corrected chi connectivity index (χ0v) is 15.3. The van der Waals surface area contributed by atoms with Gasteiger partial charge >= 0.3 is 0 Å². The summed E-state index contributed by atoms with van der Waals surface area (Å²) in [5, 5.41) is 4.65. The van der Waals surface area contributed by atoms with E-state index in [0.29, 0.717) is 0 Å². The molecular formula is C19H29N3O. The third-order valence-corrected chi connectivity index (χ3v) is 4.48. The maximum absolute atomic E-state index is 5.54. The van der Waals surface area contributed by atoms with E-state index >= 15 is 0 Å². The van der Waals surface area contributed by atoms with Gasteiger partial charge in [0.05, 0.1) is 19.3 Å². The summed E-state index contributed by atoms with van der Waals surface area (Å²) in [5.41, 5.74) is 6.15. The maximum Gasteiger partial charge on any atom is 0.123 e. The molecule has 0 radical (unpaired) electrons. The highest BCUT2D eigenvalue weighted by Crippen LogP contribution is 2.23. The maximum atomic E-state index is 5.54. The van der Waals surface area contributed by atoms with Crippen molar-refractivity contribution in [2.45, 2.75) is 40.2 Å². The second kappa shape index (κ2) is 7.64. The van der Waals surface area contributed by atoms with Gasteiger partial charge in [-0.1, -0.05) is 12.1 Å². The minimum absolute atomic E-state index is 0.755. The van der Waals surface area contributed by atoms with Crippen molar-refractivity contribution in [2.24, 2.45) is 0 Å². The lowest BCUT2D eigenvalue weighted by Crippen LogP contribution is -2.13. The Kier molecular flexibility index (Phi) is 5.83. The second-order valence-electron chi connectivity index (χ2n) is 6.51. The molecule has 4 nitrogen and oxygen atoms in total. The van der Waals surface area contributed by atoms with Crippen molar-refractivity contribution in [3.8, 4) is 5.75 Å². The number of methoxy groups -OCH3 is 1. The van der Waals surface area contributed by atoms with Crippen LogP contribution in [0.2, 0.25) is 0 Å². The molecule has 0 saturated carbocycles. The molecule has 2 aromatic rings. The lowest BCUT2D eigenvalue weighted by atomic mass is 10.0. The van der Waals surface area contributed by atoms with E-state index in [1.807, 2.05) is 0 Å².